The fourth-order valence-electron chi connectivity index (χ4n) is 2.23. The van der Waals surface area contributed by atoms with Crippen LogP contribution in [0.1, 0.15) is 29.8 Å². The summed E-state index contributed by atoms with van der Waals surface area (Å²) in [7, 11) is 0. The SMILES string of the molecule is Cl.NCC1CCCC1NC(=O)c1ncncc1Cl. The molecule has 1 aromatic rings. The Morgan fingerprint density at radius 2 is 2.33 bits per heavy atom. The van der Waals surface area contributed by atoms with Crippen molar-refractivity contribution in [1.82, 2.24) is 15.3 Å². The van der Waals surface area contributed by atoms with E-state index in [9.17, 15) is 4.79 Å². The van der Waals surface area contributed by atoms with Gasteiger partial charge in [-0.15, -0.1) is 12.4 Å². The van der Waals surface area contributed by atoms with Gasteiger partial charge in [0.1, 0.15) is 12.0 Å². The topological polar surface area (TPSA) is 80.9 Å². The summed E-state index contributed by atoms with van der Waals surface area (Å²) in [5.41, 5.74) is 5.89. The highest BCUT2D eigenvalue weighted by molar-refractivity contribution is 6.33. The van der Waals surface area contributed by atoms with E-state index in [0.717, 1.165) is 19.3 Å². The van der Waals surface area contributed by atoms with Crippen molar-refractivity contribution in [2.24, 2.45) is 11.7 Å². The Bertz CT molecular complexity index is 416. The summed E-state index contributed by atoms with van der Waals surface area (Å²) in [4.78, 5) is 19.6. The van der Waals surface area contributed by atoms with Gasteiger partial charge in [-0.05, 0) is 25.3 Å². The fourth-order valence-corrected chi connectivity index (χ4v) is 2.42. The van der Waals surface area contributed by atoms with E-state index in [-0.39, 0.29) is 35.1 Å². The Labute approximate surface area is 117 Å². The highest BCUT2D eigenvalue weighted by Gasteiger charge is 2.28. The van der Waals surface area contributed by atoms with Gasteiger partial charge in [-0.2, -0.15) is 0 Å². The molecule has 0 aliphatic heterocycles. The lowest BCUT2D eigenvalue weighted by Gasteiger charge is -2.19. The second-order valence-electron chi connectivity index (χ2n) is 4.23. The van der Waals surface area contributed by atoms with Crippen LogP contribution in [0.2, 0.25) is 5.02 Å². The maximum Gasteiger partial charge on any atom is 0.271 e. The molecule has 3 N–H and O–H groups in total. The molecule has 1 fully saturated rings. The Hall–Kier alpha value is -0.910. The van der Waals surface area contributed by atoms with E-state index in [2.05, 4.69) is 15.3 Å². The van der Waals surface area contributed by atoms with E-state index in [0.29, 0.717) is 12.5 Å². The molecule has 1 heterocycles. The van der Waals surface area contributed by atoms with Crippen LogP contribution >= 0.6 is 24.0 Å². The van der Waals surface area contributed by atoms with Gasteiger partial charge < -0.3 is 11.1 Å². The summed E-state index contributed by atoms with van der Waals surface area (Å²) in [5, 5.41) is 3.21. The largest absolute Gasteiger partial charge is 0.348 e. The molecule has 7 heteroatoms. The normalized spacial score (nSPS) is 22.3. The van der Waals surface area contributed by atoms with Crippen LogP contribution in [0.25, 0.3) is 0 Å². The molecule has 2 unspecified atom stereocenters. The van der Waals surface area contributed by atoms with Crippen LogP contribution in [0, 0.1) is 5.92 Å². The molecule has 1 aromatic heterocycles. The van der Waals surface area contributed by atoms with Gasteiger partial charge in [-0.25, -0.2) is 9.97 Å². The van der Waals surface area contributed by atoms with Gasteiger partial charge in [0.05, 0.1) is 5.02 Å². The molecule has 2 rings (SSSR count). The smallest absolute Gasteiger partial charge is 0.271 e. The summed E-state index contributed by atoms with van der Waals surface area (Å²) in [6.45, 7) is 0.600. The lowest BCUT2D eigenvalue weighted by Crippen LogP contribution is -2.40. The van der Waals surface area contributed by atoms with Gasteiger partial charge in [-0.1, -0.05) is 18.0 Å². The second-order valence-corrected chi connectivity index (χ2v) is 4.63. The lowest BCUT2D eigenvalue weighted by atomic mass is 10.0. The van der Waals surface area contributed by atoms with Crippen molar-refractivity contribution >= 4 is 29.9 Å². The molecule has 100 valence electrons. The van der Waals surface area contributed by atoms with Crippen LogP contribution in [0.4, 0.5) is 0 Å². The summed E-state index contributed by atoms with van der Waals surface area (Å²) in [5.74, 6) is 0.113. The van der Waals surface area contributed by atoms with E-state index in [1.807, 2.05) is 0 Å². The van der Waals surface area contributed by atoms with Crippen molar-refractivity contribution in [2.45, 2.75) is 25.3 Å². The van der Waals surface area contributed by atoms with Crippen molar-refractivity contribution in [3.63, 3.8) is 0 Å². The standard InChI is InChI=1S/C11H15ClN4O.ClH/c12-8-5-14-6-15-10(8)11(17)16-9-3-1-2-7(9)4-13;/h5-7,9H,1-4,13H2,(H,16,17);1H. The minimum Gasteiger partial charge on any atom is -0.348 e. The van der Waals surface area contributed by atoms with Gasteiger partial charge in [0.2, 0.25) is 0 Å². The van der Waals surface area contributed by atoms with E-state index in [1.165, 1.54) is 12.5 Å². The monoisotopic (exact) mass is 290 g/mol. The van der Waals surface area contributed by atoms with Gasteiger partial charge in [0, 0.05) is 12.2 Å². The third kappa shape index (κ3) is 3.31. The maximum atomic E-state index is 12.0. The van der Waals surface area contributed by atoms with Crippen LogP contribution in [0.5, 0.6) is 0 Å². The zero-order valence-electron chi connectivity index (χ0n) is 9.80. The zero-order chi connectivity index (χ0) is 12.3. The number of aromatic nitrogens is 2. The van der Waals surface area contributed by atoms with Crippen molar-refractivity contribution in [1.29, 1.82) is 0 Å². The minimum absolute atomic E-state index is 0. The molecule has 0 spiro atoms. The Morgan fingerprint density at radius 1 is 1.56 bits per heavy atom. The molecule has 0 saturated heterocycles. The summed E-state index contributed by atoms with van der Waals surface area (Å²) < 4.78 is 0. The van der Waals surface area contributed by atoms with Crippen LogP contribution in [0.15, 0.2) is 12.5 Å². The first kappa shape index (κ1) is 15.1. The number of nitrogens with two attached hydrogens (primary N) is 1. The highest BCUT2D eigenvalue weighted by atomic mass is 35.5. The molecule has 0 aromatic carbocycles. The molecule has 1 aliphatic carbocycles. The van der Waals surface area contributed by atoms with Gasteiger partial charge >= 0.3 is 0 Å². The number of rotatable bonds is 3. The molecule has 0 radical (unpaired) electrons. The van der Waals surface area contributed by atoms with Crippen molar-refractivity contribution in [3.05, 3.63) is 23.2 Å². The summed E-state index contributed by atoms with van der Waals surface area (Å²) in [6.07, 6.45) is 5.87. The number of hydrogen-bond donors (Lipinski definition) is 2. The highest BCUT2D eigenvalue weighted by Crippen LogP contribution is 2.25. The predicted molar refractivity (Wildman–Crippen MR) is 71.9 cm³/mol. The fraction of sp³-hybridized carbons (Fsp3) is 0.545. The maximum absolute atomic E-state index is 12.0. The number of halogens is 2. The number of amides is 1. The number of nitrogens with one attached hydrogen (secondary N) is 1. The second kappa shape index (κ2) is 6.87. The zero-order valence-corrected chi connectivity index (χ0v) is 11.4. The number of carbonyl (C=O) groups is 1. The minimum atomic E-state index is -0.247. The van der Waals surface area contributed by atoms with E-state index in [1.54, 1.807) is 0 Å². The molecule has 0 bridgehead atoms. The van der Waals surface area contributed by atoms with Gasteiger partial charge in [0.15, 0.2) is 0 Å². The van der Waals surface area contributed by atoms with Crippen molar-refractivity contribution in [2.75, 3.05) is 6.54 Å². The molecule has 2 atom stereocenters. The Balaban J connectivity index is 0.00000162. The first-order chi connectivity index (χ1) is 8.22. The van der Waals surface area contributed by atoms with Crippen molar-refractivity contribution < 1.29 is 4.79 Å². The summed E-state index contributed by atoms with van der Waals surface area (Å²) in [6, 6.07) is 0.138. The Morgan fingerprint density at radius 3 is 3.00 bits per heavy atom. The molecule has 1 aliphatic rings. The van der Waals surface area contributed by atoms with E-state index in [4.69, 9.17) is 17.3 Å². The molecule has 1 saturated carbocycles. The van der Waals surface area contributed by atoms with Crippen LogP contribution < -0.4 is 11.1 Å². The number of carbonyl (C=O) groups excluding carboxylic acids is 1. The molecular formula is C11H16Cl2N4O. The van der Waals surface area contributed by atoms with Crippen LogP contribution in [-0.2, 0) is 0 Å². The first-order valence-electron chi connectivity index (χ1n) is 5.68. The van der Waals surface area contributed by atoms with Crippen LogP contribution in [0.3, 0.4) is 0 Å². The summed E-state index contributed by atoms with van der Waals surface area (Å²) >= 11 is 5.86. The van der Waals surface area contributed by atoms with E-state index >= 15 is 0 Å². The van der Waals surface area contributed by atoms with Gasteiger partial charge in [-0.3, -0.25) is 4.79 Å². The van der Waals surface area contributed by atoms with Gasteiger partial charge in [0.25, 0.3) is 5.91 Å². The average molecular weight is 291 g/mol. The number of nitrogens with zero attached hydrogens (tertiary/aromatic N) is 2. The molecule has 1 amide bonds. The quantitative estimate of drug-likeness (QED) is 0.882. The lowest BCUT2D eigenvalue weighted by molar-refractivity contribution is 0.0923. The van der Waals surface area contributed by atoms with E-state index < -0.39 is 0 Å². The molecular weight excluding hydrogens is 275 g/mol. The Kier molecular flexibility index (Phi) is 5.78. The average Bonchev–Trinajstić information content (AvgIpc) is 2.76. The third-order valence-electron chi connectivity index (χ3n) is 3.16. The van der Waals surface area contributed by atoms with Crippen LogP contribution in [-0.4, -0.2) is 28.5 Å². The first-order valence-corrected chi connectivity index (χ1v) is 6.06. The predicted octanol–water partition coefficient (Wildman–Crippen LogP) is 1.41. The molecule has 18 heavy (non-hydrogen) atoms. The number of hydrogen-bond acceptors (Lipinski definition) is 4. The molecule has 5 nitrogen and oxygen atoms in total. The van der Waals surface area contributed by atoms with Crippen molar-refractivity contribution in [3.8, 4) is 0 Å². The third-order valence-corrected chi connectivity index (χ3v) is 3.44.